The van der Waals surface area contributed by atoms with Gasteiger partial charge in [-0.3, -0.25) is 0 Å². The van der Waals surface area contributed by atoms with Gasteiger partial charge in [-0.15, -0.1) is 5.10 Å². The lowest BCUT2D eigenvalue weighted by molar-refractivity contribution is 0.436. The van der Waals surface area contributed by atoms with Crippen LogP contribution in [0.2, 0.25) is 0 Å². The van der Waals surface area contributed by atoms with E-state index in [-0.39, 0.29) is 12.6 Å². The summed E-state index contributed by atoms with van der Waals surface area (Å²) in [6.45, 7) is 8.31. The molecule has 0 aliphatic carbocycles. The lowest BCUT2D eigenvalue weighted by atomic mass is 10.2. The molecule has 8 heteroatoms. The van der Waals surface area contributed by atoms with Crippen LogP contribution in [0, 0.1) is 0 Å². The molecule has 1 atom stereocenters. The number of nitrogens with one attached hydrogen (secondary N) is 1. The largest absolute Gasteiger partial charge is 0.308 e. The van der Waals surface area contributed by atoms with Crippen LogP contribution in [-0.2, 0) is 16.4 Å². The van der Waals surface area contributed by atoms with Crippen molar-refractivity contribution in [3.8, 4) is 0 Å². The molecule has 7 nitrogen and oxygen atoms in total. The Bertz CT molecular complexity index is 494. The minimum absolute atomic E-state index is 0.0136. The van der Waals surface area contributed by atoms with Gasteiger partial charge in [-0.2, -0.15) is 0 Å². The van der Waals surface area contributed by atoms with Crippen LogP contribution in [-0.4, -0.2) is 46.2 Å². The Labute approximate surface area is 108 Å². The number of aromatic nitrogens is 4. The summed E-state index contributed by atoms with van der Waals surface area (Å²) in [6, 6.07) is -0.0136. The van der Waals surface area contributed by atoms with E-state index in [4.69, 9.17) is 0 Å². The minimum atomic E-state index is -3.17. The molecule has 1 heterocycles. The maximum Gasteiger partial charge on any atom is 0.167 e. The van der Waals surface area contributed by atoms with E-state index in [0.29, 0.717) is 5.82 Å². The van der Waals surface area contributed by atoms with E-state index in [1.54, 1.807) is 18.5 Å². The zero-order valence-electron chi connectivity index (χ0n) is 11.5. The van der Waals surface area contributed by atoms with E-state index in [2.05, 4.69) is 20.8 Å². The highest BCUT2D eigenvalue weighted by Gasteiger charge is 2.32. The van der Waals surface area contributed by atoms with E-state index in [0.717, 1.165) is 6.54 Å². The molecule has 18 heavy (non-hydrogen) atoms. The first-order valence-corrected chi connectivity index (χ1v) is 7.77. The summed E-state index contributed by atoms with van der Waals surface area (Å²) in [5, 5.41) is 14.6. The smallest absolute Gasteiger partial charge is 0.167 e. The number of rotatable bonds is 6. The molecule has 0 aromatic carbocycles. The Kier molecular flexibility index (Phi) is 4.44. The second kappa shape index (κ2) is 5.31. The van der Waals surface area contributed by atoms with Gasteiger partial charge in [0, 0.05) is 6.26 Å². The molecule has 0 aliphatic rings. The van der Waals surface area contributed by atoms with Crippen LogP contribution in [0.25, 0.3) is 0 Å². The van der Waals surface area contributed by atoms with Gasteiger partial charge in [0.05, 0.1) is 17.3 Å². The van der Waals surface area contributed by atoms with Crippen molar-refractivity contribution < 1.29 is 8.42 Å². The second-order valence-corrected chi connectivity index (χ2v) is 7.66. The van der Waals surface area contributed by atoms with Gasteiger partial charge < -0.3 is 5.32 Å². The number of tetrazole rings is 1. The van der Waals surface area contributed by atoms with Gasteiger partial charge in [-0.25, -0.2) is 13.1 Å². The summed E-state index contributed by atoms with van der Waals surface area (Å²) in [7, 11) is -3.17. The van der Waals surface area contributed by atoms with Gasteiger partial charge in [0.15, 0.2) is 15.7 Å². The van der Waals surface area contributed by atoms with Gasteiger partial charge in [0.1, 0.15) is 0 Å². The molecular weight excluding hydrogens is 254 g/mol. The van der Waals surface area contributed by atoms with Crippen LogP contribution in [0.15, 0.2) is 0 Å². The van der Waals surface area contributed by atoms with Gasteiger partial charge in [-0.05, 0) is 37.7 Å². The van der Waals surface area contributed by atoms with E-state index in [1.807, 2.05) is 13.8 Å². The Morgan fingerprint density at radius 1 is 1.44 bits per heavy atom. The fourth-order valence-corrected chi connectivity index (χ4v) is 1.87. The molecule has 0 spiro atoms. The Morgan fingerprint density at radius 2 is 2.06 bits per heavy atom. The highest BCUT2D eigenvalue weighted by molar-refractivity contribution is 7.92. The highest BCUT2D eigenvalue weighted by Crippen LogP contribution is 2.19. The zero-order valence-corrected chi connectivity index (χ0v) is 12.3. The quantitative estimate of drug-likeness (QED) is 0.796. The SMILES string of the molecule is CCNC(C)c1nnnn1CC(C)(C)S(C)(=O)=O. The molecule has 104 valence electrons. The van der Waals surface area contributed by atoms with Gasteiger partial charge in [-0.1, -0.05) is 6.92 Å². The number of nitrogens with zero attached hydrogens (tertiary/aromatic N) is 4. The van der Waals surface area contributed by atoms with Crippen molar-refractivity contribution in [1.82, 2.24) is 25.5 Å². The summed E-state index contributed by atoms with van der Waals surface area (Å²) < 4.78 is 24.0. The molecule has 1 N–H and O–H groups in total. The Hall–Kier alpha value is -1.02. The molecular formula is C10H21N5O2S. The molecule has 1 aromatic rings. The molecule has 0 aliphatic heterocycles. The Morgan fingerprint density at radius 3 is 2.56 bits per heavy atom. The van der Waals surface area contributed by atoms with Crippen LogP contribution >= 0.6 is 0 Å². The van der Waals surface area contributed by atoms with Crippen molar-refractivity contribution in [3.63, 3.8) is 0 Å². The van der Waals surface area contributed by atoms with Crippen LogP contribution in [0.1, 0.15) is 39.6 Å². The summed E-state index contributed by atoms with van der Waals surface area (Å²) in [5.74, 6) is 0.647. The lowest BCUT2D eigenvalue weighted by Gasteiger charge is -2.23. The van der Waals surface area contributed by atoms with Crippen molar-refractivity contribution in [2.45, 2.75) is 45.0 Å². The Balaban J connectivity index is 2.96. The van der Waals surface area contributed by atoms with Crippen molar-refractivity contribution in [3.05, 3.63) is 5.82 Å². The van der Waals surface area contributed by atoms with Gasteiger partial charge >= 0.3 is 0 Å². The molecule has 0 bridgehead atoms. The number of hydrogen-bond acceptors (Lipinski definition) is 6. The van der Waals surface area contributed by atoms with Gasteiger partial charge in [0.25, 0.3) is 0 Å². The van der Waals surface area contributed by atoms with E-state index in [1.165, 1.54) is 6.26 Å². The van der Waals surface area contributed by atoms with Gasteiger partial charge in [0.2, 0.25) is 0 Å². The van der Waals surface area contributed by atoms with E-state index >= 15 is 0 Å². The summed E-state index contributed by atoms with van der Waals surface area (Å²) >= 11 is 0. The molecule has 0 radical (unpaired) electrons. The van der Waals surface area contributed by atoms with Crippen molar-refractivity contribution in [2.75, 3.05) is 12.8 Å². The zero-order chi connectivity index (χ0) is 14.0. The topological polar surface area (TPSA) is 89.8 Å². The van der Waals surface area contributed by atoms with Crippen molar-refractivity contribution >= 4 is 9.84 Å². The van der Waals surface area contributed by atoms with E-state index in [9.17, 15) is 8.42 Å². The molecule has 0 saturated carbocycles. The first-order chi connectivity index (χ1) is 8.19. The molecule has 1 rings (SSSR count). The average Bonchev–Trinajstić information content (AvgIpc) is 2.63. The second-order valence-electron chi connectivity index (χ2n) is 5.01. The molecule has 0 saturated heterocycles. The third kappa shape index (κ3) is 3.26. The lowest BCUT2D eigenvalue weighted by Crippen LogP contribution is -2.37. The summed E-state index contributed by atoms with van der Waals surface area (Å²) in [5.41, 5.74) is 0. The third-order valence-electron chi connectivity index (χ3n) is 2.99. The first kappa shape index (κ1) is 15.0. The fraction of sp³-hybridized carbons (Fsp3) is 0.900. The first-order valence-electron chi connectivity index (χ1n) is 5.88. The molecule has 1 aromatic heterocycles. The normalized spacial score (nSPS) is 14.7. The average molecular weight is 275 g/mol. The van der Waals surface area contributed by atoms with Crippen LogP contribution in [0.5, 0.6) is 0 Å². The predicted molar refractivity (Wildman–Crippen MR) is 68.8 cm³/mol. The molecule has 1 unspecified atom stereocenters. The third-order valence-corrected chi connectivity index (χ3v) is 5.13. The fourth-order valence-electron chi connectivity index (χ4n) is 1.51. The molecule has 0 amide bonds. The highest BCUT2D eigenvalue weighted by atomic mass is 32.2. The monoisotopic (exact) mass is 275 g/mol. The van der Waals surface area contributed by atoms with Crippen LogP contribution in [0.4, 0.5) is 0 Å². The summed E-state index contributed by atoms with van der Waals surface area (Å²) in [6.07, 6.45) is 1.23. The van der Waals surface area contributed by atoms with Crippen molar-refractivity contribution in [2.24, 2.45) is 0 Å². The van der Waals surface area contributed by atoms with Crippen molar-refractivity contribution in [1.29, 1.82) is 0 Å². The van der Waals surface area contributed by atoms with Crippen LogP contribution < -0.4 is 5.32 Å². The maximum atomic E-state index is 11.7. The maximum absolute atomic E-state index is 11.7. The van der Waals surface area contributed by atoms with Crippen LogP contribution in [0.3, 0.4) is 0 Å². The minimum Gasteiger partial charge on any atom is -0.308 e. The number of hydrogen-bond donors (Lipinski definition) is 1. The standard InChI is InChI=1S/C10H21N5O2S/c1-6-11-8(2)9-12-13-14-15(9)7-10(3,4)18(5,16)17/h8,11H,6-7H2,1-5H3. The molecule has 0 fully saturated rings. The predicted octanol–water partition coefficient (Wildman–Crippen LogP) is 0.167. The van der Waals surface area contributed by atoms with E-state index < -0.39 is 14.6 Å². The number of sulfone groups is 1. The summed E-state index contributed by atoms with van der Waals surface area (Å²) in [4.78, 5) is 0.